The lowest BCUT2D eigenvalue weighted by atomic mass is 10.0. The quantitative estimate of drug-likeness (QED) is 0.845. The van der Waals surface area contributed by atoms with E-state index >= 15 is 0 Å². The van der Waals surface area contributed by atoms with Gasteiger partial charge >= 0.3 is 12.1 Å². The summed E-state index contributed by atoms with van der Waals surface area (Å²) in [5.74, 6) is -0.425. The average molecular weight is 289 g/mol. The van der Waals surface area contributed by atoms with E-state index in [0.717, 1.165) is 12.1 Å². The molecule has 1 N–H and O–H groups in total. The molecule has 2 unspecified atom stereocenters. The topological polar surface area (TPSA) is 38.3 Å². The van der Waals surface area contributed by atoms with Crippen molar-refractivity contribution in [3.05, 3.63) is 35.4 Å². The Morgan fingerprint density at radius 1 is 1.35 bits per heavy atom. The SMILES string of the molecule is CCOC(=O)C(C)NC(C)c1cccc(C(F)(F)F)c1. The largest absolute Gasteiger partial charge is 0.465 e. The van der Waals surface area contributed by atoms with Crippen LogP contribution in [-0.2, 0) is 15.7 Å². The maximum atomic E-state index is 12.6. The number of ether oxygens (including phenoxy) is 1. The minimum absolute atomic E-state index is 0.267. The summed E-state index contributed by atoms with van der Waals surface area (Å²) in [6, 6.07) is 4.06. The fourth-order valence-corrected chi connectivity index (χ4v) is 1.79. The molecule has 0 aliphatic rings. The van der Waals surface area contributed by atoms with Crippen LogP contribution in [0.4, 0.5) is 13.2 Å². The third-order valence-electron chi connectivity index (χ3n) is 2.85. The van der Waals surface area contributed by atoms with E-state index in [1.54, 1.807) is 26.8 Å². The zero-order valence-electron chi connectivity index (χ0n) is 11.6. The van der Waals surface area contributed by atoms with Crippen molar-refractivity contribution in [2.24, 2.45) is 0 Å². The molecule has 0 radical (unpaired) electrons. The molecule has 1 rings (SSSR count). The number of alkyl halides is 3. The van der Waals surface area contributed by atoms with E-state index in [4.69, 9.17) is 4.74 Å². The van der Waals surface area contributed by atoms with Crippen molar-refractivity contribution in [3.63, 3.8) is 0 Å². The molecule has 0 heterocycles. The van der Waals surface area contributed by atoms with E-state index in [0.29, 0.717) is 5.56 Å². The Hall–Kier alpha value is -1.56. The van der Waals surface area contributed by atoms with Gasteiger partial charge in [-0.2, -0.15) is 13.2 Å². The molecule has 6 heteroatoms. The lowest BCUT2D eigenvalue weighted by molar-refractivity contribution is -0.145. The van der Waals surface area contributed by atoms with E-state index in [2.05, 4.69) is 5.32 Å². The number of benzene rings is 1. The zero-order chi connectivity index (χ0) is 15.3. The molecule has 112 valence electrons. The van der Waals surface area contributed by atoms with E-state index in [1.165, 1.54) is 6.07 Å². The van der Waals surface area contributed by atoms with E-state index in [9.17, 15) is 18.0 Å². The second-order valence-electron chi connectivity index (χ2n) is 4.49. The average Bonchev–Trinajstić information content (AvgIpc) is 2.38. The van der Waals surface area contributed by atoms with Gasteiger partial charge in [0.1, 0.15) is 6.04 Å². The first-order valence-electron chi connectivity index (χ1n) is 6.35. The second kappa shape index (κ2) is 6.74. The zero-order valence-corrected chi connectivity index (χ0v) is 11.6. The highest BCUT2D eigenvalue weighted by Gasteiger charge is 2.30. The van der Waals surface area contributed by atoms with Crippen LogP contribution in [0.1, 0.15) is 37.9 Å². The third kappa shape index (κ3) is 4.52. The van der Waals surface area contributed by atoms with Gasteiger partial charge in [-0.25, -0.2) is 0 Å². The predicted octanol–water partition coefficient (Wildman–Crippen LogP) is 3.31. The number of rotatable bonds is 5. The molecule has 2 atom stereocenters. The smallest absolute Gasteiger partial charge is 0.416 e. The molecule has 0 aliphatic carbocycles. The molecule has 0 spiro atoms. The fourth-order valence-electron chi connectivity index (χ4n) is 1.79. The molecular formula is C14H18F3NO2. The molecule has 0 amide bonds. The van der Waals surface area contributed by atoms with Gasteiger partial charge in [0.25, 0.3) is 0 Å². The van der Waals surface area contributed by atoms with Crippen molar-refractivity contribution in [1.29, 1.82) is 0 Å². The molecule has 3 nitrogen and oxygen atoms in total. The van der Waals surface area contributed by atoms with Gasteiger partial charge in [0.2, 0.25) is 0 Å². The number of nitrogens with one attached hydrogen (secondary N) is 1. The Kier molecular flexibility index (Phi) is 5.56. The Morgan fingerprint density at radius 3 is 2.55 bits per heavy atom. The molecule has 0 saturated heterocycles. The van der Waals surface area contributed by atoms with Gasteiger partial charge in [0.15, 0.2) is 0 Å². The summed E-state index contributed by atoms with van der Waals surface area (Å²) in [5, 5.41) is 2.92. The summed E-state index contributed by atoms with van der Waals surface area (Å²) in [7, 11) is 0. The Morgan fingerprint density at radius 2 is 2.00 bits per heavy atom. The summed E-state index contributed by atoms with van der Waals surface area (Å²) >= 11 is 0. The van der Waals surface area contributed by atoms with Crippen molar-refractivity contribution in [2.75, 3.05) is 6.61 Å². The Balaban J connectivity index is 2.77. The highest BCUT2D eigenvalue weighted by Crippen LogP contribution is 2.30. The monoisotopic (exact) mass is 289 g/mol. The summed E-state index contributed by atoms with van der Waals surface area (Å²) in [6.45, 7) is 5.27. The minimum atomic E-state index is -4.37. The number of halogens is 3. The van der Waals surface area contributed by atoms with Crippen LogP contribution >= 0.6 is 0 Å². The lowest BCUT2D eigenvalue weighted by Crippen LogP contribution is -2.37. The van der Waals surface area contributed by atoms with Gasteiger partial charge in [0, 0.05) is 6.04 Å². The molecule has 20 heavy (non-hydrogen) atoms. The number of carbonyl (C=O) groups excluding carboxylic acids is 1. The van der Waals surface area contributed by atoms with Crippen molar-refractivity contribution in [3.8, 4) is 0 Å². The van der Waals surface area contributed by atoms with Crippen LogP contribution in [0.25, 0.3) is 0 Å². The van der Waals surface area contributed by atoms with Crippen LogP contribution < -0.4 is 5.32 Å². The number of hydrogen-bond donors (Lipinski definition) is 1. The van der Waals surface area contributed by atoms with Crippen molar-refractivity contribution in [2.45, 2.75) is 39.0 Å². The van der Waals surface area contributed by atoms with Gasteiger partial charge in [0.05, 0.1) is 12.2 Å². The normalized spacial score (nSPS) is 14.7. The molecular weight excluding hydrogens is 271 g/mol. The van der Waals surface area contributed by atoms with E-state index in [1.807, 2.05) is 0 Å². The van der Waals surface area contributed by atoms with Crippen molar-refractivity contribution >= 4 is 5.97 Å². The summed E-state index contributed by atoms with van der Waals surface area (Å²) in [6.07, 6.45) is -4.37. The lowest BCUT2D eigenvalue weighted by Gasteiger charge is -2.20. The maximum absolute atomic E-state index is 12.6. The molecule has 1 aromatic rings. The molecule has 0 fully saturated rings. The van der Waals surface area contributed by atoms with Crippen LogP contribution in [0, 0.1) is 0 Å². The highest BCUT2D eigenvalue weighted by molar-refractivity contribution is 5.75. The Labute approximate surface area is 116 Å². The standard InChI is InChI=1S/C14H18F3NO2/c1-4-20-13(19)10(3)18-9(2)11-6-5-7-12(8-11)14(15,16)17/h5-10,18H,4H2,1-3H3. The molecule has 0 bridgehead atoms. The molecule has 0 aromatic heterocycles. The van der Waals surface area contributed by atoms with Crippen LogP contribution in [-0.4, -0.2) is 18.6 Å². The minimum Gasteiger partial charge on any atom is -0.465 e. The number of carbonyl (C=O) groups is 1. The second-order valence-corrected chi connectivity index (χ2v) is 4.49. The first-order valence-corrected chi connectivity index (χ1v) is 6.35. The van der Waals surface area contributed by atoms with Gasteiger partial charge in [-0.1, -0.05) is 12.1 Å². The summed E-state index contributed by atoms with van der Waals surface area (Å²) in [4.78, 5) is 11.5. The summed E-state index contributed by atoms with van der Waals surface area (Å²) in [5.41, 5.74) is -0.233. The summed E-state index contributed by atoms with van der Waals surface area (Å²) < 4.78 is 42.7. The van der Waals surface area contributed by atoms with Crippen LogP contribution in [0.2, 0.25) is 0 Å². The molecule has 0 saturated carbocycles. The predicted molar refractivity (Wildman–Crippen MR) is 69.1 cm³/mol. The van der Waals surface area contributed by atoms with Gasteiger partial charge in [-0.05, 0) is 38.5 Å². The Bertz CT molecular complexity index is 460. The maximum Gasteiger partial charge on any atom is 0.416 e. The van der Waals surface area contributed by atoms with Crippen LogP contribution in [0.5, 0.6) is 0 Å². The fraction of sp³-hybridized carbons (Fsp3) is 0.500. The van der Waals surface area contributed by atoms with Crippen molar-refractivity contribution < 1.29 is 22.7 Å². The molecule has 0 aliphatic heterocycles. The van der Waals surface area contributed by atoms with Crippen LogP contribution in [0.15, 0.2) is 24.3 Å². The van der Waals surface area contributed by atoms with E-state index in [-0.39, 0.29) is 6.61 Å². The highest BCUT2D eigenvalue weighted by atomic mass is 19.4. The van der Waals surface area contributed by atoms with Crippen molar-refractivity contribution in [1.82, 2.24) is 5.32 Å². The van der Waals surface area contributed by atoms with Gasteiger partial charge in [-0.15, -0.1) is 0 Å². The molecule has 1 aromatic carbocycles. The number of hydrogen-bond acceptors (Lipinski definition) is 3. The first kappa shape index (κ1) is 16.5. The third-order valence-corrected chi connectivity index (χ3v) is 2.85. The van der Waals surface area contributed by atoms with Gasteiger partial charge < -0.3 is 4.74 Å². The van der Waals surface area contributed by atoms with Gasteiger partial charge in [-0.3, -0.25) is 10.1 Å². The van der Waals surface area contributed by atoms with E-state index < -0.39 is 29.8 Å². The first-order chi connectivity index (χ1) is 9.25. The van der Waals surface area contributed by atoms with Crippen LogP contribution in [0.3, 0.4) is 0 Å². The number of esters is 1.